The van der Waals surface area contributed by atoms with E-state index in [9.17, 15) is 13.2 Å². The maximum Gasteiger partial charge on any atom is 0.259 e. The van der Waals surface area contributed by atoms with Crippen LogP contribution in [-0.2, 0) is 14.8 Å². The number of hydrogen-bond acceptors (Lipinski definition) is 5. The number of hydrogen-bond donors (Lipinski definition) is 2. The van der Waals surface area contributed by atoms with E-state index in [1.807, 2.05) is 6.08 Å². The molecule has 0 aliphatic carbocycles. The van der Waals surface area contributed by atoms with Crippen LogP contribution in [0.25, 0.3) is 16.7 Å². The molecule has 29 heavy (non-hydrogen) atoms. The molecule has 0 saturated carbocycles. The number of nitrogens with zero attached hydrogens (tertiary/aromatic N) is 1. The van der Waals surface area contributed by atoms with E-state index in [0.29, 0.717) is 13.0 Å². The third-order valence-corrected chi connectivity index (χ3v) is 7.45. The Bertz CT molecular complexity index is 1050. The fraction of sp³-hybridized carbons (Fsp3) is 0.286. The average molecular weight is 433 g/mol. The van der Waals surface area contributed by atoms with E-state index in [1.54, 1.807) is 11.8 Å². The van der Waals surface area contributed by atoms with Gasteiger partial charge in [-0.25, -0.2) is 13.9 Å². The van der Waals surface area contributed by atoms with Gasteiger partial charge >= 0.3 is 0 Å². The van der Waals surface area contributed by atoms with Gasteiger partial charge in [0.1, 0.15) is 5.75 Å². The van der Waals surface area contributed by atoms with E-state index >= 15 is 0 Å². The molecule has 0 unspecified atom stereocenters. The fourth-order valence-corrected chi connectivity index (χ4v) is 5.14. The maximum absolute atomic E-state index is 12.2. The molecule has 1 aliphatic heterocycles. The molecule has 6 nitrogen and oxygen atoms in total. The van der Waals surface area contributed by atoms with Gasteiger partial charge in [-0.05, 0) is 59.6 Å². The molecule has 0 spiro atoms. The van der Waals surface area contributed by atoms with Crippen molar-refractivity contribution in [3.8, 4) is 11.1 Å². The van der Waals surface area contributed by atoms with Crippen molar-refractivity contribution in [2.24, 2.45) is 0 Å². The van der Waals surface area contributed by atoms with Crippen LogP contribution in [0.2, 0.25) is 0 Å². The van der Waals surface area contributed by atoms with Crippen molar-refractivity contribution in [1.29, 1.82) is 0 Å². The molecule has 154 valence electrons. The van der Waals surface area contributed by atoms with Crippen LogP contribution in [0.4, 0.5) is 0 Å². The number of nitrogens with one attached hydrogen (secondary N) is 1. The number of rotatable bonds is 6. The Morgan fingerprint density at radius 3 is 2.62 bits per heavy atom. The Morgan fingerprint density at radius 2 is 2.00 bits per heavy atom. The van der Waals surface area contributed by atoms with E-state index in [0.717, 1.165) is 16.7 Å². The lowest BCUT2D eigenvalue weighted by molar-refractivity contribution is -0.126. The first-order valence-electron chi connectivity index (χ1n) is 9.19. The van der Waals surface area contributed by atoms with E-state index in [4.69, 9.17) is 5.21 Å². The standard InChI is InChI=1S/C21H24N2O4S2/c1-15-12-17(6-7-20(15)18-4-3-5-19(13-18)28-2)16-8-10-23(11-9-16)29(26,27)14-21(24)22-25/h3-8,12-13,25H,9-11,14H2,1-2H3,(H,22,24). The summed E-state index contributed by atoms with van der Waals surface area (Å²) >= 11 is 1.71. The summed E-state index contributed by atoms with van der Waals surface area (Å²) in [6.45, 7) is 2.61. The van der Waals surface area contributed by atoms with Crippen LogP contribution in [0.5, 0.6) is 0 Å². The highest BCUT2D eigenvalue weighted by Crippen LogP contribution is 2.31. The minimum absolute atomic E-state index is 0.215. The summed E-state index contributed by atoms with van der Waals surface area (Å²) in [4.78, 5) is 12.4. The molecule has 0 atom stereocenters. The van der Waals surface area contributed by atoms with Crippen LogP contribution in [0, 0.1) is 6.92 Å². The quantitative estimate of drug-likeness (QED) is 0.415. The van der Waals surface area contributed by atoms with Gasteiger partial charge in [0.05, 0.1) is 0 Å². The molecule has 0 aromatic heterocycles. The number of thioether (sulfide) groups is 1. The number of benzene rings is 2. The normalized spacial score (nSPS) is 15.1. The number of amides is 1. The predicted octanol–water partition coefficient (Wildman–Crippen LogP) is 3.31. The topological polar surface area (TPSA) is 86.7 Å². The minimum Gasteiger partial charge on any atom is -0.289 e. The number of hydroxylamine groups is 1. The van der Waals surface area contributed by atoms with Gasteiger partial charge in [0, 0.05) is 18.0 Å². The van der Waals surface area contributed by atoms with Gasteiger partial charge in [-0.3, -0.25) is 10.0 Å². The fourth-order valence-electron chi connectivity index (χ4n) is 3.43. The van der Waals surface area contributed by atoms with Crippen LogP contribution in [0.1, 0.15) is 17.5 Å². The third kappa shape index (κ3) is 5.08. The highest BCUT2D eigenvalue weighted by molar-refractivity contribution is 7.98. The van der Waals surface area contributed by atoms with Crippen LogP contribution >= 0.6 is 11.8 Å². The highest BCUT2D eigenvalue weighted by atomic mass is 32.2. The molecule has 0 saturated heterocycles. The number of sulfonamides is 1. The van der Waals surface area contributed by atoms with Crippen molar-refractivity contribution in [1.82, 2.24) is 9.79 Å². The molecule has 8 heteroatoms. The Balaban J connectivity index is 1.78. The highest BCUT2D eigenvalue weighted by Gasteiger charge is 2.27. The first-order chi connectivity index (χ1) is 13.8. The molecule has 1 heterocycles. The molecule has 1 aliphatic rings. The van der Waals surface area contributed by atoms with Crippen molar-refractivity contribution in [3.63, 3.8) is 0 Å². The lowest BCUT2D eigenvalue weighted by Gasteiger charge is -2.26. The van der Waals surface area contributed by atoms with E-state index in [2.05, 4.69) is 55.6 Å². The van der Waals surface area contributed by atoms with Gasteiger partial charge in [-0.15, -0.1) is 11.8 Å². The monoisotopic (exact) mass is 432 g/mol. The zero-order valence-corrected chi connectivity index (χ0v) is 18.0. The SMILES string of the molecule is CSc1cccc(-c2ccc(C3=CCN(S(=O)(=O)CC(=O)NO)CC3)cc2C)c1. The maximum atomic E-state index is 12.2. The summed E-state index contributed by atoms with van der Waals surface area (Å²) in [7, 11) is -3.74. The summed E-state index contributed by atoms with van der Waals surface area (Å²) in [5, 5.41) is 8.55. The first kappa shape index (κ1) is 21.6. The molecule has 0 bridgehead atoms. The van der Waals surface area contributed by atoms with Gasteiger partial charge in [-0.1, -0.05) is 36.4 Å². The van der Waals surface area contributed by atoms with E-state index in [1.165, 1.54) is 25.8 Å². The summed E-state index contributed by atoms with van der Waals surface area (Å²) in [5.41, 5.74) is 7.06. The van der Waals surface area contributed by atoms with Gasteiger partial charge in [0.15, 0.2) is 0 Å². The van der Waals surface area contributed by atoms with Gasteiger partial charge in [0.2, 0.25) is 10.0 Å². The van der Waals surface area contributed by atoms with Crippen molar-refractivity contribution < 1.29 is 18.4 Å². The summed E-state index contributed by atoms with van der Waals surface area (Å²) in [6, 6.07) is 14.8. The minimum atomic E-state index is -3.74. The summed E-state index contributed by atoms with van der Waals surface area (Å²) in [5.74, 6) is -1.69. The molecule has 2 N–H and O–H groups in total. The number of carbonyl (C=O) groups excluding carboxylic acids is 1. The van der Waals surface area contributed by atoms with Crippen LogP contribution in [0.15, 0.2) is 53.4 Å². The Hall–Kier alpha value is -2.13. The second kappa shape index (κ2) is 9.13. The molecule has 2 aromatic rings. The second-order valence-corrected chi connectivity index (χ2v) is 9.74. The summed E-state index contributed by atoms with van der Waals surface area (Å²) in [6.07, 6.45) is 4.52. The molecular formula is C21H24N2O4S2. The Kier molecular flexibility index (Phi) is 6.79. The van der Waals surface area contributed by atoms with E-state index in [-0.39, 0.29) is 6.54 Å². The molecule has 0 radical (unpaired) electrons. The third-order valence-electron chi connectivity index (χ3n) is 4.98. The smallest absolute Gasteiger partial charge is 0.259 e. The van der Waals surface area contributed by atoms with Crippen molar-refractivity contribution in [2.75, 3.05) is 25.1 Å². The van der Waals surface area contributed by atoms with Crippen molar-refractivity contribution in [3.05, 3.63) is 59.7 Å². The average Bonchev–Trinajstić information content (AvgIpc) is 2.73. The molecule has 0 fully saturated rings. The van der Waals surface area contributed by atoms with Gasteiger partial charge in [-0.2, -0.15) is 4.31 Å². The number of carbonyl (C=O) groups is 1. The lowest BCUT2D eigenvalue weighted by Crippen LogP contribution is -2.40. The van der Waals surface area contributed by atoms with Crippen molar-refractivity contribution >= 4 is 33.3 Å². The molecule has 3 rings (SSSR count). The van der Waals surface area contributed by atoms with Crippen LogP contribution in [-0.4, -0.2) is 48.9 Å². The van der Waals surface area contributed by atoms with Crippen molar-refractivity contribution in [2.45, 2.75) is 18.2 Å². The Labute approximate surface area is 175 Å². The zero-order valence-electron chi connectivity index (χ0n) is 16.4. The molecule has 2 aromatic carbocycles. The predicted molar refractivity (Wildman–Crippen MR) is 116 cm³/mol. The largest absolute Gasteiger partial charge is 0.289 e. The van der Waals surface area contributed by atoms with E-state index < -0.39 is 21.7 Å². The zero-order chi connectivity index (χ0) is 21.0. The lowest BCUT2D eigenvalue weighted by atomic mass is 9.93. The second-order valence-electron chi connectivity index (χ2n) is 6.89. The molecule has 1 amide bonds. The molecular weight excluding hydrogens is 408 g/mol. The Morgan fingerprint density at radius 1 is 1.21 bits per heavy atom. The summed E-state index contributed by atoms with van der Waals surface area (Å²) < 4.78 is 25.7. The van der Waals surface area contributed by atoms with Crippen LogP contribution < -0.4 is 5.48 Å². The van der Waals surface area contributed by atoms with Gasteiger partial charge < -0.3 is 0 Å². The first-order valence-corrected chi connectivity index (χ1v) is 12.0. The van der Waals surface area contributed by atoms with Gasteiger partial charge in [0.25, 0.3) is 5.91 Å². The van der Waals surface area contributed by atoms with Crippen LogP contribution in [0.3, 0.4) is 0 Å². The number of aryl methyl sites for hydroxylation is 1.